The molecule has 1 aliphatic heterocycles. The SMILES string of the molecule is Cc1cc(C)c(S(=O)(=O)NCC2CCCN2)c(C)c1. The molecule has 106 valence electrons. The maximum absolute atomic E-state index is 12.4. The summed E-state index contributed by atoms with van der Waals surface area (Å²) in [5.74, 6) is 0. The van der Waals surface area contributed by atoms with E-state index in [1.807, 2.05) is 32.9 Å². The second-order valence-electron chi connectivity index (χ2n) is 5.37. The summed E-state index contributed by atoms with van der Waals surface area (Å²) in [5, 5.41) is 3.29. The molecule has 0 aliphatic carbocycles. The zero-order valence-electron chi connectivity index (χ0n) is 11.8. The standard InChI is InChI=1S/C14H22N2O2S/c1-10-7-11(2)14(12(3)8-10)19(17,18)16-9-13-5-4-6-15-13/h7-8,13,15-16H,4-6,9H2,1-3H3. The summed E-state index contributed by atoms with van der Waals surface area (Å²) in [6, 6.07) is 4.09. The molecule has 0 saturated carbocycles. The molecule has 2 N–H and O–H groups in total. The van der Waals surface area contributed by atoms with Gasteiger partial charge in [0, 0.05) is 12.6 Å². The first-order chi connectivity index (χ1) is 8.90. The Labute approximate surface area is 115 Å². The molecular weight excluding hydrogens is 260 g/mol. The lowest BCUT2D eigenvalue weighted by molar-refractivity contribution is 0.551. The first kappa shape index (κ1) is 14.5. The van der Waals surface area contributed by atoms with Gasteiger partial charge in [-0.05, 0) is 51.3 Å². The molecule has 2 rings (SSSR count). The Bertz CT molecular complexity index is 538. The first-order valence-corrected chi connectivity index (χ1v) is 8.19. The van der Waals surface area contributed by atoms with Gasteiger partial charge >= 0.3 is 0 Å². The fraction of sp³-hybridized carbons (Fsp3) is 0.571. The number of hydrogen-bond acceptors (Lipinski definition) is 3. The van der Waals surface area contributed by atoms with Crippen molar-refractivity contribution in [3.05, 3.63) is 28.8 Å². The highest BCUT2D eigenvalue weighted by Crippen LogP contribution is 2.21. The van der Waals surface area contributed by atoms with Gasteiger partial charge in [-0.25, -0.2) is 13.1 Å². The molecule has 1 saturated heterocycles. The molecule has 1 unspecified atom stereocenters. The van der Waals surface area contributed by atoms with Gasteiger partial charge in [0.2, 0.25) is 10.0 Å². The topological polar surface area (TPSA) is 58.2 Å². The Morgan fingerprint density at radius 2 is 1.89 bits per heavy atom. The van der Waals surface area contributed by atoms with E-state index in [0.717, 1.165) is 36.1 Å². The molecule has 1 heterocycles. The largest absolute Gasteiger partial charge is 0.313 e. The second kappa shape index (κ2) is 5.61. The summed E-state index contributed by atoms with van der Waals surface area (Å²) in [4.78, 5) is 0.427. The number of benzene rings is 1. The molecule has 19 heavy (non-hydrogen) atoms. The molecule has 1 atom stereocenters. The first-order valence-electron chi connectivity index (χ1n) is 6.71. The van der Waals surface area contributed by atoms with Gasteiger partial charge in [0.05, 0.1) is 4.90 Å². The Kier molecular flexibility index (Phi) is 4.28. The highest BCUT2D eigenvalue weighted by molar-refractivity contribution is 7.89. The normalized spacial score (nSPS) is 19.8. The van der Waals surface area contributed by atoms with E-state index in [0.29, 0.717) is 11.4 Å². The van der Waals surface area contributed by atoms with E-state index in [1.54, 1.807) is 0 Å². The molecular formula is C14H22N2O2S. The lowest BCUT2D eigenvalue weighted by Crippen LogP contribution is -2.37. The van der Waals surface area contributed by atoms with Gasteiger partial charge in [-0.2, -0.15) is 0 Å². The highest BCUT2D eigenvalue weighted by Gasteiger charge is 2.22. The summed E-state index contributed by atoms with van der Waals surface area (Å²) in [7, 11) is -3.42. The van der Waals surface area contributed by atoms with Crippen LogP contribution in [0.1, 0.15) is 29.5 Å². The molecule has 4 nitrogen and oxygen atoms in total. The Morgan fingerprint density at radius 1 is 1.26 bits per heavy atom. The van der Waals surface area contributed by atoms with Crippen molar-refractivity contribution in [3.8, 4) is 0 Å². The van der Waals surface area contributed by atoms with Gasteiger partial charge in [0.25, 0.3) is 0 Å². The smallest absolute Gasteiger partial charge is 0.241 e. The average molecular weight is 282 g/mol. The maximum Gasteiger partial charge on any atom is 0.241 e. The van der Waals surface area contributed by atoms with Crippen LogP contribution in [0.25, 0.3) is 0 Å². The van der Waals surface area contributed by atoms with E-state index >= 15 is 0 Å². The van der Waals surface area contributed by atoms with Crippen molar-refractivity contribution < 1.29 is 8.42 Å². The molecule has 1 aromatic carbocycles. The van der Waals surface area contributed by atoms with Gasteiger partial charge in [-0.1, -0.05) is 17.7 Å². The van der Waals surface area contributed by atoms with Crippen LogP contribution in [0.4, 0.5) is 0 Å². The number of nitrogens with one attached hydrogen (secondary N) is 2. The van der Waals surface area contributed by atoms with Crippen LogP contribution in [0.15, 0.2) is 17.0 Å². The molecule has 1 aromatic rings. The third kappa shape index (κ3) is 3.35. The fourth-order valence-corrected chi connectivity index (χ4v) is 4.33. The molecule has 1 fully saturated rings. The predicted molar refractivity (Wildman–Crippen MR) is 76.9 cm³/mol. The zero-order chi connectivity index (χ0) is 14.0. The third-order valence-electron chi connectivity index (χ3n) is 3.56. The van der Waals surface area contributed by atoms with Crippen molar-refractivity contribution in [2.45, 2.75) is 44.6 Å². The molecule has 0 aromatic heterocycles. The Balaban J connectivity index is 2.19. The van der Waals surface area contributed by atoms with Crippen molar-refractivity contribution in [2.24, 2.45) is 0 Å². The minimum absolute atomic E-state index is 0.265. The average Bonchev–Trinajstić information content (AvgIpc) is 2.77. The number of aryl methyl sites for hydroxylation is 3. The molecule has 0 amide bonds. The highest BCUT2D eigenvalue weighted by atomic mass is 32.2. The van der Waals surface area contributed by atoms with E-state index in [4.69, 9.17) is 0 Å². The Morgan fingerprint density at radius 3 is 2.42 bits per heavy atom. The maximum atomic E-state index is 12.4. The van der Waals surface area contributed by atoms with Gasteiger partial charge in [0.1, 0.15) is 0 Å². The van der Waals surface area contributed by atoms with Crippen molar-refractivity contribution in [1.82, 2.24) is 10.0 Å². The van der Waals surface area contributed by atoms with Gasteiger partial charge in [0.15, 0.2) is 0 Å². The van der Waals surface area contributed by atoms with Crippen LogP contribution in [0.5, 0.6) is 0 Å². The van der Waals surface area contributed by atoms with Gasteiger partial charge < -0.3 is 5.32 Å². The summed E-state index contributed by atoms with van der Waals surface area (Å²) in [6.07, 6.45) is 2.16. The van der Waals surface area contributed by atoms with E-state index in [9.17, 15) is 8.42 Å². The van der Waals surface area contributed by atoms with E-state index in [2.05, 4.69) is 10.0 Å². The minimum atomic E-state index is -3.42. The quantitative estimate of drug-likeness (QED) is 0.882. The number of rotatable bonds is 4. The molecule has 5 heteroatoms. The summed E-state index contributed by atoms with van der Waals surface area (Å²) in [6.45, 7) is 7.13. The molecule has 0 spiro atoms. The summed E-state index contributed by atoms with van der Waals surface area (Å²) < 4.78 is 27.5. The van der Waals surface area contributed by atoms with Crippen LogP contribution in [0, 0.1) is 20.8 Å². The van der Waals surface area contributed by atoms with E-state index in [1.165, 1.54) is 0 Å². The lowest BCUT2D eigenvalue weighted by Gasteiger charge is -2.15. The van der Waals surface area contributed by atoms with Crippen molar-refractivity contribution >= 4 is 10.0 Å². The van der Waals surface area contributed by atoms with Crippen LogP contribution in [-0.4, -0.2) is 27.5 Å². The Hall–Kier alpha value is -0.910. The molecule has 0 bridgehead atoms. The number of sulfonamides is 1. The van der Waals surface area contributed by atoms with Crippen molar-refractivity contribution in [2.75, 3.05) is 13.1 Å². The van der Waals surface area contributed by atoms with Gasteiger partial charge in [-0.3, -0.25) is 0 Å². The molecule has 0 radical (unpaired) electrons. The second-order valence-corrected chi connectivity index (χ2v) is 7.08. The van der Waals surface area contributed by atoms with Crippen molar-refractivity contribution in [1.29, 1.82) is 0 Å². The van der Waals surface area contributed by atoms with Gasteiger partial charge in [-0.15, -0.1) is 0 Å². The summed E-state index contributed by atoms with van der Waals surface area (Å²) >= 11 is 0. The molecule has 1 aliphatic rings. The minimum Gasteiger partial charge on any atom is -0.313 e. The van der Waals surface area contributed by atoms with Crippen LogP contribution >= 0.6 is 0 Å². The monoisotopic (exact) mass is 282 g/mol. The van der Waals surface area contributed by atoms with Crippen LogP contribution < -0.4 is 10.0 Å². The fourth-order valence-electron chi connectivity index (χ4n) is 2.80. The number of hydrogen-bond donors (Lipinski definition) is 2. The van der Waals surface area contributed by atoms with Crippen LogP contribution in [0.2, 0.25) is 0 Å². The van der Waals surface area contributed by atoms with E-state index in [-0.39, 0.29) is 6.04 Å². The van der Waals surface area contributed by atoms with Crippen molar-refractivity contribution in [3.63, 3.8) is 0 Å². The van der Waals surface area contributed by atoms with E-state index < -0.39 is 10.0 Å². The van der Waals surface area contributed by atoms with Crippen LogP contribution in [-0.2, 0) is 10.0 Å². The van der Waals surface area contributed by atoms with Crippen LogP contribution in [0.3, 0.4) is 0 Å². The summed E-state index contributed by atoms with van der Waals surface area (Å²) in [5.41, 5.74) is 2.71. The predicted octanol–water partition coefficient (Wildman–Crippen LogP) is 1.64. The third-order valence-corrected chi connectivity index (χ3v) is 5.28. The lowest BCUT2D eigenvalue weighted by atomic mass is 10.1. The zero-order valence-corrected chi connectivity index (χ0v) is 12.6.